The van der Waals surface area contributed by atoms with Crippen LogP contribution in [0.5, 0.6) is 0 Å². The van der Waals surface area contributed by atoms with Gasteiger partial charge in [0.15, 0.2) is 6.61 Å². The normalized spacial score (nSPS) is 13.0. The number of amides is 2. The molecule has 0 spiro atoms. The highest BCUT2D eigenvalue weighted by molar-refractivity contribution is 6.30. The van der Waals surface area contributed by atoms with E-state index in [1.54, 1.807) is 24.3 Å². The zero-order chi connectivity index (χ0) is 22.1. The lowest BCUT2D eigenvalue weighted by molar-refractivity contribution is -0.147. The minimum absolute atomic E-state index is 0.110. The maximum atomic E-state index is 12.0. The third-order valence-corrected chi connectivity index (χ3v) is 5.19. The lowest BCUT2D eigenvalue weighted by Crippen LogP contribution is -2.25. The van der Waals surface area contributed by atoms with Crippen molar-refractivity contribution >= 4 is 40.8 Å². The maximum Gasteiger partial charge on any atom is 0.306 e. The highest BCUT2D eigenvalue weighted by atomic mass is 35.5. The molecule has 0 aliphatic carbocycles. The summed E-state index contributed by atoms with van der Waals surface area (Å²) in [5.41, 5.74) is 2.30. The van der Waals surface area contributed by atoms with Crippen molar-refractivity contribution in [2.45, 2.75) is 25.7 Å². The molecular formula is C23H26ClN3O4. The molecule has 0 atom stereocenters. The second-order valence-corrected chi connectivity index (χ2v) is 7.75. The third kappa shape index (κ3) is 7.29. The van der Waals surface area contributed by atoms with Crippen LogP contribution < -0.4 is 15.5 Å². The van der Waals surface area contributed by atoms with E-state index >= 15 is 0 Å². The number of halogens is 1. The number of ether oxygens (including phenoxy) is 1. The number of rotatable bonds is 9. The van der Waals surface area contributed by atoms with Crippen LogP contribution in [0.4, 0.5) is 11.4 Å². The number of hydrogen-bond acceptors (Lipinski definition) is 5. The molecule has 0 unspecified atom stereocenters. The topological polar surface area (TPSA) is 87.7 Å². The van der Waals surface area contributed by atoms with Gasteiger partial charge in [-0.2, -0.15) is 0 Å². The van der Waals surface area contributed by atoms with Gasteiger partial charge in [-0.05, 0) is 67.8 Å². The third-order valence-electron chi connectivity index (χ3n) is 4.94. The van der Waals surface area contributed by atoms with E-state index in [-0.39, 0.29) is 18.9 Å². The Morgan fingerprint density at radius 3 is 2.32 bits per heavy atom. The van der Waals surface area contributed by atoms with E-state index in [9.17, 15) is 14.4 Å². The molecule has 1 aliphatic rings. The number of anilines is 2. The van der Waals surface area contributed by atoms with E-state index in [1.165, 1.54) is 12.8 Å². The Morgan fingerprint density at radius 2 is 1.65 bits per heavy atom. The predicted molar refractivity (Wildman–Crippen MR) is 120 cm³/mol. The molecule has 0 saturated carbocycles. The molecule has 3 rings (SSSR count). The zero-order valence-electron chi connectivity index (χ0n) is 17.2. The van der Waals surface area contributed by atoms with Gasteiger partial charge in [-0.25, -0.2) is 0 Å². The molecule has 2 aromatic carbocycles. The van der Waals surface area contributed by atoms with Crippen molar-refractivity contribution in [1.82, 2.24) is 5.32 Å². The summed E-state index contributed by atoms with van der Waals surface area (Å²) in [5, 5.41) is 6.00. The van der Waals surface area contributed by atoms with Crippen LogP contribution in [0.15, 0.2) is 48.5 Å². The summed E-state index contributed by atoms with van der Waals surface area (Å²) in [6.07, 6.45) is 2.94. The summed E-state index contributed by atoms with van der Waals surface area (Å²) >= 11 is 5.79. The van der Waals surface area contributed by atoms with Crippen LogP contribution in [0, 0.1) is 0 Å². The number of benzene rings is 2. The lowest BCUT2D eigenvalue weighted by Gasteiger charge is -2.17. The Hall–Kier alpha value is -3.06. The van der Waals surface area contributed by atoms with Crippen molar-refractivity contribution in [1.29, 1.82) is 0 Å². The Labute approximate surface area is 186 Å². The molecule has 164 valence electrons. The average Bonchev–Trinajstić information content (AvgIpc) is 3.31. The molecule has 7 nitrogen and oxygen atoms in total. The van der Waals surface area contributed by atoms with E-state index in [2.05, 4.69) is 15.5 Å². The van der Waals surface area contributed by atoms with Crippen LogP contribution in [0.25, 0.3) is 0 Å². The molecule has 0 bridgehead atoms. The molecule has 0 aromatic heterocycles. The number of esters is 1. The number of nitrogens with one attached hydrogen (secondary N) is 2. The molecule has 1 aliphatic heterocycles. The predicted octanol–water partition coefficient (Wildman–Crippen LogP) is 3.63. The van der Waals surface area contributed by atoms with Crippen LogP contribution >= 0.6 is 11.6 Å². The summed E-state index contributed by atoms with van der Waals surface area (Å²) in [7, 11) is 0. The molecule has 1 fully saturated rings. The van der Waals surface area contributed by atoms with Gasteiger partial charge in [0.2, 0.25) is 0 Å². The molecule has 1 saturated heterocycles. The first kappa shape index (κ1) is 22.6. The van der Waals surface area contributed by atoms with Crippen molar-refractivity contribution in [2.24, 2.45) is 0 Å². The fourth-order valence-electron chi connectivity index (χ4n) is 3.28. The molecule has 0 radical (unpaired) electrons. The van der Waals surface area contributed by atoms with Gasteiger partial charge in [0.1, 0.15) is 0 Å². The van der Waals surface area contributed by atoms with Crippen molar-refractivity contribution in [2.75, 3.05) is 36.5 Å². The van der Waals surface area contributed by atoms with Gasteiger partial charge in [-0.15, -0.1) is 0 Å². The number of hydrogen-bond donors (Lipinski definition) is 2. The lowest BCUT2D eigenvalue weighted by atomic mass is 10.2. The van der Waals surface area contributed by atoms with Gasteiger partial charge in [-0.1, -0.05) is 11.6 Å². The Bertz CT molecular complexity index is 894. The number of carbonyl (C=O) groups is 3. The molecule has 31 heavy (non-hydrogen) atoms. The second-order valence-electron chi connectivity index (χ2n) is 7.32. The van der Waals surface area contributed by atoms with Crippen molar-refractivity contribution < 1.29 is 19.1 Å². The van der Waals surface area contributed by atoms with E-state index in [4.69, 9.17) is 16.3 Å². The van der Waals surface area contributed by atoms with E-state index in [0.29, 0.717) is 29.2 Å². The fraction of sp³-hybridized carbons (Fsp3) is 0.348. The first-order chi connectivity index (χ1) is 15.0. The Kier molecular flexibility index (Phi) is 8.29. The highest BCUT2D eigenvalue weighted by Gasteiger charge is 2.13. The minimum Gasteiger partial charge on any atom is -0.456 e. The smallest absolute Gasteiger partial charge is 0.306 e. The molecule has 1 heterocycles. The molecule has 2 aromatic rings. The summed E-state index contributed by atoms with van der Waals surface area (Å²) < 4.78 is 5.00. The molecule has 2 N–H and O–H groups in total. The second kappa shape index (κ2) is 11.4. The standard InChI is InChI=1S/C23H26ClN3O4/c24-18-7-5-17(6-8-18)23(30)25-13-3-4-22(29)31-16-21(28)26-19-9-11-20(12-10-19)27-14-1-2-15-27/h5-12H,1-4,13-16H2,(H,25,30)(H,26,28). The number of carbonyl (C=O) groups excluding carboxylic acids is 3. The average molecular weight is 444 g/mol. The SMILES string of the molecule is O=C(COC(=O)CCCNC(=O)c1ccc(Cl)cc1)Nc1ccc(N2CCCC2)cc1. The minimum atomic E-state index is -0.486. The van der Waals surface area contributed by atoms with Gasteiger partial charge in [0.05, 0.1) is 0 Å². The first-order valence-electron chi connectivity index (χ1n) is 10.4. The van der Waals surface area contributed by atoms with Gasteiger partial charge in [-0.3, -0.25) is 14.4 Å². The summed E-state index contributed by atoms with van der Waals surface area (Å²) in [4.78, 5) is 38.1. The van der Waals surface area contributed by atoms with Gasteiger partial charge in [0.25, 0.3) is 11.8 Å². The van der Waals surface area contributed by atoms with Crippen LogP contribution in [-0.4, -0.2) is 44.0 Å². The highest BCUT2D eigenvalue weighted by Crippen LogP contribution is 2.22. The molecule has 8 heteroatoms. The quantitative estimate of drug-likeness (QED) is 0.456. The van der Waals surface area contributed by atoms with Crippen molar-refractivity contribution in [3.05, 3.63) is 59.1 Å². The Balaban J connectivity index is 1.29. The van der Waals surface area contributed by atoms with Crippen molar-refractivity contribution in [3.63, 3.8) is 0 Å². The fourth-order valence-corrected chi connectivity index (χ4v) is 3.41. The number of nitrogens with zero attached hydrogens (tertiary/aromatic N) is 1. The largest absolute Gasteiger partial charge is 0.456 e. The van der Waals surface area contributed by atoms with Gasteiger partial charge >= 0.3 is 5.97 Å². The van der Waals surface area contributed by atoms with Crippen LogP contribution in [0.3, 0.4) is 0 Å². The summed E-state index contributed by atoms with van der Waals surface area (Å²) in [6.45, 7) is 2.11. The van der Waals surface area contributed by atoms with Crippen molar-refractivity contribution in [3.8, 4) is 0 Å². The summed E-state index contributed by atoms with van der Waals surface area (Å²) in [5.74, 6) is -1.11. The summed E-state index contributed by atoms with van der Waals surface area (Å²) in [6, 6.07) is 14.2. The van der Waals surface area contributed by atoms with Gasteiger partial charge in [0, 0.05) is 48.0 Å². The van der Waals surface area contributed by atoms with E-state index in [1.807, 2.05) is 24.3 Å². The van der Waals surface area contributed by atoms with E-state index < -0.39 is 11.9 Å². The van der Waals surface area contributed by atoms with Gasteiger partial charge < -0.3 is 20.3 Å². The Morgan fingerprint density at radius 1 is 0.968 bits per heavy atom. The first-order valence-corrected chi connectivity index (χ1v) is 10.7. The monoisotopic (exact) mass is 443 g/mol. The van der Waals surface area contributed by atoms with Crippen LogP contribution in [-0.2, 0) is 14.3 Å². The zero-order valence-corrected chi connectivity index (χ0v) is 18.0. The maximum absolute atomic E-state index is 12.0. The molecular weight excluding hydrogens is 418 g/mol. The van der Waals surface area contributed by atoms with Crippen LogP contribution in [0.1, 0.15) is 36.0 Å². The van der Waals surface area contributed by atoms with E-state index in [0.717, 1.165) is 18.8 Å². The molecule has 2 amide bonds. The van der Waals surface area contributed by atoms with Crippen LogP contribution in [0.2, 0.25) is 5.02 Å².